The molecule has 0 saturated carbocycles. The Balaban J connectivity index is 2.90. The van der Waals surface area contributed by atoms with Crippen molar-refractivity contribution in [3.63, 3.8) is 0 Å². The molecule has 0 aliphatic heterocycles. The first-order valence-corrected chi connectivity index (χ1v) is 3.48. The van der Waals surface area contributed by atoms with Crippen molar-refractivity contribution in [3.8, 4) is 0 Å². The highest BCUT2D eigenvalue weighted by atomic mass is 19.1. The lowest BCUT2D eigenvalue weighted by Crippen LogP contribution is -2.04. The quantitative estimate of drug-likeness (QED) is 0.551. The molecule has 11 heavy (non-hydrogen) atoms. The summed E-state index contributed by atoms with van der Waals surface area (Å²) >= 11 is 0. The maximum Gasteiger partial charge on any atom is 0.139 e. The highest BCUT2D eigenvalue weighted by Gasteiger charge is 1.99. The zero-order valence-corrected chi connectivity index (χ0v) is 6.73. The molecule has 0 unspecified atom stereocenters. The van der Waals surface area contributed by atoms with E-state index in [0.29, 0.717) is 12.2 Å². The zero-order valence-electron chi connectivity index (χ0n) is 6.73. The average molecular weight is 152 g/mol. The van der Waals surface area contributed by atoms with Gasteiger partial charge in [-0.15, -0.1) is 0 Å². The van der Waals surface area contributed by atoms with Gasteiger partial charge in [-0.3, -0.25) is 0 Å². The first-order valence-electron chi connectivity index (χ1n) is 3.48. The molecule has 0 saturated heterocycles. The van der Waals surface area contributed by atoms with Crippen molar-refractivity contribution in [1.29, 1.82) is 0 Å². The van der Waals surface area contributed by atoms with Crippen LogP contribution in [0.3, 0.4) is 0 Å². The summed E-state index contributed by atoms with van der Waals surface area (Å²) < 4.78 is 17.8. The minimum absolute atomic E-state index is 0.188. The van der Waals surface area contributed by atoms with E-state index in [0.717, 1.165) is 5.46 Å². The molecule has 3 heteroatoms. The highest BCUT2D eigenvalue weighted by molar-refractivity contribution is 6.32. The monoisotopic (exact) mass is 152 g/mol. The predicted molar refractivity (Wildman–Crippen MR) is 45.3 cm³/mol. The minimum atomic E-state index is -0.188. The lowest BCUT2D eigenvalue weighted by Gasteiger charge is -2.01. The number of hydrogen-bond acceptors (Lipinski definition) is 1. The van der Waals surface area contributed by atoms with Gasteiger partial charge in [0.1, 0.15) is 13.7 Å². The molecule has 1 aromatic rings. The standard InChI is InChI=1S/C8H10BFO/c1-11-5-6-2-3-7(9)4-8(6)10/h2-4H,5,9H2,1H3. The van der Waals surface area contributed by atoms with Gasteiger partial charge in [-0.1, -0.05) is 17.6 Å². The molecule has 58 valence electrons. The number of halogens is 1. The van der Waals surface area contributed by atoms with Gasteiger partial charge in [0.25, 0.3) is 0 Å². The van der Waals surface area contributed by atoms with Crippen molar-refractivity contribution in [2.75, 3.05) is 7.11 Å². The minimum Gasteiger partial charge on any atom is -0.380 e. The molecule has 1 nitrogen and oxygen atoms in total. The van der Waals surface area contributed by atoms with Gasteiger partial charge in [0.2, 0.25) is 0 Å². The predicted octanol–water partition coefficient (Wildman–Crippen LogP) is 0.230. The molecule has 0 aliphatic rings. The fourth-order valence-corrected chi connectivity index (χ4v) is 0.925. The van der Waals surface area contributed by atoms with Crippen molar-refractivity contribution >= 4 is 13.3 Å². The van der Waals surface area contributed by atoms with E-state index in [1.54, 1.807) is 13.2 Å². The van der Waals surface area contributed by atoms with Crippen LogP contribution >= 0.6 is 0 Å². The van der Waals surface area contributed by atoms with Gasteiger partial charge in [-0.2, -0.15) is 0 Å². The molecule has 0 amide bonds. The number of benzene rings is 1. The molecular formula is C8H10BFO. The van der Waals surface area contributed by atoms with Crippen molar-refractivity contribution < 1.29 is 9.13 Å². The van der Waals surface area contributed by atoms with E-state index in [-0.39, 0.29) is 5.82 Å². The smallest absolute Gasteiger partial charge is 0.139 e. The lowest BCUT2D eigenvalue weighted by atomic mass is 9.95. The molecule has 0 radical (unpaired) electrons. The van der Waals surface area contributed by atoms with Crippen LogP contribution in [0.15, 0.2) is 18.2 Å². The Kier molecular flexibility index (Phi) is 2.66. The topological polar surface area (TPSA) is 9.23 Å². The molecule has 0 fully saturated rings. The first kappa shape index (κ1) is 8.27. The molecule has 0 bridgehead atoms. The molecule has 0 aliphatic carbocycles. The summed E-state index contributed by atoms with van der Waals surface area (Å²) in [5, 5.41) is 0. The van der Waals surface area contributed by atoms with Crippen molar-refractivity contribution in [3.05, 3.63) is 29.6 Å². The van der Waals surface area contributed by atoms with Gasteiger partial charge in [-0.05, 0) is 6.07 Å². The Morgan fingerprint density at radius 2 is 2.27 bits per heavy atom. The van der Waals surface area contributed by atoms with Gasteiger partial charge in [0.15, 0.2) is 0 Å². The van der Waals surface area contributed by atoms with Crippen molar-refractivity contribution in [2.24, 2.45) is 0 Å². The Morgan fingerprint density at radius 3 is 2.82 bits per heavy atom. The summed E-state index contributed by atoms with van der Waals surface area (Å²) in [4.78, 5) is 0. The normalized spacial score (nSPS) is 10.0. The van der Waals surface area contributed by atoms with Crippen LogP contribution in [0.25, 0.3) is 0 Å². The SMILES string of the molecule is Bc1ccc(COC)c(F)c1. The summed E-state index contributed by atoms with van der Waals surface area (Å²) in [6.07, 6.45) is 0. The first-order chi connectivity index (χ1) is 5.24. The second-order valence-corrected chi connectivity index (χ2v) is 2.53. The molecule has 0 N–H and O–H groups in total. The fraction of sp³-hybridized carbons (Fsp3) is 0.250. The summed E-state index contributed by atoms with van der Waals surface area (Å²) in [6.45, 7) is 0.339. The Bertz CT molecular complexity index is 250. The van der Waals surface area contributed by atoms with E-state index in [1.807, 2.05) is 13.9 Å². The van der Waals surface area contributed by atoms with E-state index in [2.05, 4.69) is 0 Å². The van der Waals surface area contributed by atoms with E-state index >= 15 is 0 Å². The van der Waals surface area contributed by atoms with Crippen LogP contribution in [-0.4, -0.2) is 15.0 Å². The molecule has 1 rings (SSSR count). The Morgan fingerprint density at radius 1 is 1.55 bits per heavy atom. The zero-order chi connectivity index (χ0) is 8.27. The number of ether oxygens (including phenoxy) is 1. The van der Waals surface area contributed by atoms with Crippen LogP contribution in [0.2, 0.25) is 0 Å². The molecule has 0 spiro atoms. The van der Waals surface area contributed by atoms with Crippen molar-refractivity contribution in [1.82, 2.24) is 0 Å². The van der Waals surface area contributed by atoms with E-state index in [9.17, 15) is 4.39 Å². The Hall–Kier alpha value is -0.825. The summed E-state index contributed by atoms with van der Waals surface area (Å²) in [5.74, 6) is -0.188. The van der Waals surface area contributed by atoms with E-state index < -0.39 is 0 Å². The molecule has 0 heterocycles. The van der Waals surface area contributed by atoms with Crippen molar-refractivity contribution in [2.45, 2.75) is 6.61 Å². The maximum atomic E-state index is 13.0. The summed E-state index contributed by atoms with van der Waals surface area (Å²) in [5.41, 5.74) is 1.54. The molecular weight excluding hydrogens is 142 g/mol. The maximum absolute atomic E-state index is 13.0. The number of rotatable bonds is 2. The fourth-order valence-electron chi connectivity index (χ4n) is 0.925. The van der Waals surface area contributed by atoms with Crippen LogP contribution in [0.4, 0.5) is 4.39 Å². The third-order valence-corrected chi connectivity index (χ3v) is 1.51. The Labute approximate surface area is 66.6 Å². The second-order valence-electron chi connectivity index (χ2n) is 2.53. The van der Waals surface area contributed by atoms with Crippen LogP contribution in [0.5, 0.6) is 0 Å². The molecule has 0 aromatic heterocycles. The second kappa shape index (κ2) is 3.53. The highest BCUT2D eigenvalue weighted by Crippen LogP contribution is 2.04. The van der Waals surface area contributed by atoms with Crippen LogP contribution < -0.4 is 5.46 Å². The summed E-state index contributed by atoms with van der Waals surface area (Å²) in [6, 6.07) is 5.12. The number of methoxy groups -OCH3 is 1. The van der Waals surface area contributed by atoms with Gasteiger partial charge >= 0.3 is 0 Å². The van der Waals surface area contributed by atoms with E-state index in [4.69, 9.17) is 4.74 Å². The lowest BCUT2D eigenvalue weighted by molar-refractivity contribution is 0.181. The average Bonchev–Trinajstić information content (AvgIpc) is 1.95. The van der Waals surface area contributed by atoms with Crippen LogP contribution in [0.1, 0.15) is 5.56 Å². The largest absolute Gasteiger partial charge is 0.380 e. The van der Waals surface area contributed by atoms with Gasteiger partial charge < -0.3 is 4.74 Å². The number of hydrogen-bond donors (Lipinski definition) is 0. The van der Waals surface area contributed by atoms with Crippen LogP contribution in [-0.2, 0) is 11.3 Å². The molecule has 0 atom stereocenters. The van der Waals surface area contributed by atoms with Gasteiger partial charge in [-0.25, -0.2) is 4.39 Å². The third kappa shape index (κ3) is 2.05. The molecule has 1 aromatic carbocycles. The van der Waals surface area contributed by atoms with Crippen LogP contribution in [0, 0.1) is 5.82 Å². The third-order valence-electron chi connectivity index (χ3n) is 1.51. The van der Waals surface area contributed by atoms with Gasteiger partial charge in [0.05, 0.1) is 6.61 Å². The van der Waals surface area contributed by atoms with Gasteiger partial charge in [0, 0.05) is 12.7 Å². The summed E-state index contributed by atoms with van der Waals surface area (Å²) in [7, 11) is 3.42. The van der Waals surface area contributed by atoms with E-state index in [1.165, 1.54) is 6.07 Å².